The Labute approximate surface area is 119 Å². The molecule has 0 amide bonds. The van der Waals surface area contributed by atoms with E-state index >= 15 is 0 Å². The van der Waals surface area contributed by atoms with Crippen LogP contribution in [0.5, 0.6) is 5.75 Å². The van der Waals surface area contributed by atoms with Crippen LogP contribution >= 0.6 is 11.6 Å². The quantitative estimate of drug-likeness (QED) is 0.889. The van der Waals surface area contributed by atoms with Crippen LogP contribution in [0, 0.1) is 0 Å². The zero-order chi connectivity index (χ0) is 13.7. The van der Waals surface area contributed by atoms with Gasteiger partial charge in [-0.1, -0.05) is 48.9 Å². The highest BCUT2D eigenvalue weighted by molar-refractivity contribution is 6.31. The summed E-state index contributed by atoms with van der Waals surface area (Å²) >= 11 is 6.30. The van der Waals surface area contributed by atoms with E-state index in [1.54, 1.807) is 7.11 Å². The zero-order valence-corrected chi connectivity index (χ0v) is 11.9. The second-order valence-electron chi connectivity index (χ2n) is 4.29. The van der Waals surface area contributed by atoms with Crippen LogP contribution in [0.2, 0.25) is 5.02 Å². The number of halogens is 1. The van der Waals surface area contributed by atoms with E-state index in [9.17, 15) is 0 Å². The van der Waals surface area contributed by atoms with E-state index in [0.29, 0.717) is 0 Å². The van der Waals surface area contributed by atoms with Gasteiger partial charge in [-0.05, 0) is 35.9 Å². The molecule has 1 unspecified atom stereocenters. The largest absolute Gasteiger partial charge is 0.497 e. The lowest BCUT2D eigenvalue weighted by atomic mass is 9.98. The number of benzene rings is 2. The van der Waals surface area contributed by atoms with Gasteiger partial charge in [-0.15, -0.1) is 0 Å². The van der Waals surface area contributed by atoms with Crippen LogP contribution in [0.4, 0.5) is 0 Å². The van der Waals surface area contributed by atoms with Crippen molar-refractivity contribution in [3.8, 4) is 5.75 Å². The lowest BCUT2D eigenvalue weighted by molar-refractivity contribution is 0.414. The molecule has 0 aromatic heterocycles. The molecule has 0 radical (unpaired) electrons. The summed E-state index contributed by atoms with van der Waals surface area (Å²) in [7, 11) is 1.67. The molecule has 3 heteroatoms. The van der Waals surface area contributed by atoms with Gasteiger partial charge >= 0.3 is 0 Å². The maximum Gasteiger partial charge on any atom is 0.118 e. The molecule has 2 aromatic carbocycles. The summed E-state index contributed by atoms with van der Waals surface area (Å²) in [6.07, 6.45) is 0. The molecular weight excluding hydrogens is 258 g/mol. The number of hydrogen-bond acceptors (Lipinski definition) is 2. The Kier molecular flexibility index (Phi) is 4.83. The van der Waals surface area contributed by atoms with Crippen molar-refractivity contribution >= 4 is 11.6 Å². The van der Waals surface area contributed by atoms with Crippen LogP contribution in [0.25, 0.3) is 0 Å². The predicted octanol–water partition coefficient (Wildman–Crippen LogP) is 4.05. The molecule has 19 heavy (non-hydrogen) atoms. The Morgan fingerprint density at radius 3 is 2.37 bits per heavy atom. The fourth-order valence-corrected chi connectivity index (χ4v) is 2.36. The van der Waals surface area contributed by atoms with Crippen LogP contribution in [-0.2, 0) is 0 Å². The van der Waals surface area contributed by atoms with Gasteiger partial charge in [-0.25, -0.2) is 0 Å². The van der Waals surface area contributed by atoms with Crippen LogP contribution in [0.3, 0.4) is 0 Å². The van der Waals surface area contributed by atoms with Crippen molar-refractivity contribution < 1.29 is 4.74 Å². The molecule has 2 aromatic rings. The first-order chi connectivity index (χ1) is 9.26. The number of nitrogens with one attached hydrogen (secondary N) is 1. The fraction of sp³-hybridized carbons (Fsp3) is 0.250. The molecule has 1 atom stereocenters. The minimum Gasteiger partial charge on any atom is -0.497 e. The summed E-state index contributed by atoms with van der Waals surface area (Å²) < 4.78 is 5.19. The van der Waals surface area contributed by atoms with Crippen molar-refractivity contribution in [2.75, 3.05) is 13.7 Å². The molecule has 0 aliphatic heterocycles. The highest BCUT2D eigenvalue weighted by Gasteiger charge is 2.15. The third-order valence-electron chi connectivity index (χ3n) is 3.07. The number of methoxy groups -OCH3 is 1. The fourth-order valence-electron chi connectivity index (χ4n) is 2.12. The minimum absolute atomic E-state index is 0.101. The van der Waals surface area contributed by atoms with E-state index in [4.69, 9.17) is 16.3 Å². The van der Waals surface area contributed by atoms with Crippen molar-refractivity contribution in [3.05, 3.63) is 64.7 Å². The zero-order valence-electron chi connectivity index (χ0n) is 11.2. The van der Waals surface area contributed by atoms with Crippen molar-refractivity contribution in [1.82, 2.24) is 5.32 Å². The van der Waals surface area contributed by atoms with Crippen LogP contribution in [-0.4, -0.2) is 13.7 Å². The highest BCUT2D eigenvalue weighted by atomic mass is 35.5. The Balaban J connectivity index is 2.36. The van der Waals surface area contributed by atoms with Crippen molar-refractivity contribution in [2.45, 2.75) is 13.0 Å². The van der Waals surface area contributed by atoms with Crippen LogP contribution < -0.4 is 10.1 Å². The molecule has 2 rings (SSSR count). The second-order valence-corrected chi connectivity index (χ2v) is 4.69. The summed E-state index contributed by atoms with van der Waals surface area (Å²) in [5.74, 6) is 0.859. The van der Waals surface area contributed by atoms with Gasteiger partial charge in [-0.3, -0.25) is 0 Å². The molecule has 0 aliphatic rings. The van der Waals surface area contributed by atoms with E-state index in [2.05, 4.69) is 30.4 Å². The van der Waals surface area contributed by atoms with Crippen molar-refractivity contribution in [1.29, 1.82) is 0 Å². The summed E-state index contributed by atoms with van der Waals surface area (Å²) in [4.78, 5) is 0. The summed E-state index contributed by atoms with van der Waals surface area (Å²) in [6.45, 7) is 2.97. The molecular formula is C16H18ClNO. The monoisotopic (exact) mass is 275 g/mol. The van der Waals surface area contributed by atoms with E-state index in [1.165, 1.54) is 5.56 Å². The number of rotatable bonds is 5. The second kappa shape index (κ2) is 6.60. The van der Waals surface area contributed by atoms with Crippen LogP contribution in [0.15, 0.2) is 48.5 Å². The van der Waals surface area contributed by atoms with E-state index in [0.717, 1.165) is 22.9 Å². The lowest BCUT2D eigenvalue weighted by Gasteiger charge is -2.20. The molecule has 0 spiro atoms. The molecule has 0 saturated heterocycles. The highest BCUT2D eigenvalue weighted by Crippen LogP contribution is 2.29. The van der Waals surface area contributed by atoms with E-state index in [-0.39, 0.29) is 6.04 Å². The van der Waals surface area contributed by atoms with Gasteiger partial charge in [0, 0.05) is 5.02 Å². The van der Waals surface area contributed by atoms with Gasteiger partial charge in [0.15, 0.2) is 0 Å². The topological polar surface area (TPSA) is 21.3 Å². The minimum atomic E-state index is 0.101. The third-order valence-corrected chi connectivity index (χ3v) is 3.42. The Morgan fingerprint density at radius 1 is 1.11 bits per heavy atom. The molecule has 0 fully saturated rings. The van der Waals surface area contributed by atoms with Gasteiger partial charge in [0.1, 0.15) is 5.75 Å². The standard InChI is InChI=1S/C16H18ClNO/c1-3-18-16(14-6-4-5-7-15(14)17)12-8-10-13(19-2)11-9-12/h4-11,16,18H,3H2,1-2H3. The molecule has 0 heterocycles. The smallest absolute Gasteiger partial charge is 0.118 e. The Hall–Kier alpha value is -1.51. The SMILES string of the molecule is CCNC(c1ccc(OC)cc1)c1ccccc1Cl. The van der Waals surface area contributed by atoms with Crippen molar-refractivity contribution in [2.24, 2.45) is 0 Å². The summed E-state index contributed by atoms with van der Waals surface area (Å²) in [5, 5.41) is 4.25. The molecule has 0 aliphatic carbocycles. The summed E-state index contributed by atoms with van der Waals surface area (Å²) in [6, 6.07) is 16.1. The first-order valence-electron chi connectivity index (χ1n) is 6.38. The van der Waals surface area contributed by atoms with Gasteiger partial charge < -0.3 is 10.1 Å². The van der Waals surface area contributed by atoms with Crippen molar-refractivity contribution in [3.63, 3.8) is 0 Å². The van der Waals surface area contributed by atoms with E-state index in [1.807, 2.05) is 30.3 Å². The summed E-state index contributed by atoms with van der Waals surface area (Å²) in [5.41, 5.74) is 2.27. The maximum atomic E-state index is 6.30. The first-order valence-corrected chi connectivity index (χ1v) is 6.75. The number of hydrogen-bond donors (Lipinski definition) is 1. The average Bonchev–Trinajstić information content (AvgIpc) is 2.46. The maximum absolute atomic E-state index is 6.30. The molecule has 1 N–H and O–H groups in total. The van der Waals surface area contributed by atoms with Crippen LogP contribution in [0.1, 0.15) is 24.1 Å². The Bertz CT molecular complexity index is 525. The van der Waals surface area contributed by atoms with Gasteiger partial charge in [-0.2, -0.15) is 0 Å². The number of ether oxygens (including phenoxy) is 1. The molecule has 100 valence electrons. The van der Waals surface area contributed by atoms with Gasteiger partial charge in [0.25, 0.3) is 0 Å². The average molecular weight is 276 g/mol. The first kappa shape index (κ1) is 13.9. The predicted molar refractivity (Wildman–Crippen MR) is 80.0 cm³/mol. The van der Waals surface area contributed by atoms with Gasteiger partial charge in [0.05, 0.1) is 13.2 Å². The normalized spacial score (nSPS) is 12.2. The van der Waals surface area contributed by atoms with E-state index < -0.39 is 0 Å². The molecule has 0 bridgehead atoms. The third kappa shape index (κ3) is 3.28. The van der Waals surface area contributed by atoms with Gasteiger partial charge in [0.2, 0.25) is 0 Å². The Morgan fingerprint density at radius 2 is 1.79 bits per heavy atom. The molecule has 2 nitrogen and oxygen atoms in total. The lowest BCUT2D eigenvalue weighted by Crippen LogP contribution is -2.22. The molecule has 0 saturated carbocycles.